The molecule has 1 N–H and O–H groups in total. The van der Waals surface area contributed by atoms with Gasteiger partial charge in [-0.05, 0) is 56.0 Å². The van der Waals surface area contributed by atoms with Crippen LogP contribution in [0.25, 0.3) is 0 Å². The molecule has 2 saturated heterocycles. The monoisotopic (exact) mass is 427 g/mol. The van der Waals surface area contributed by atoms with Crippen molar-refractivity contribution < 1.29 is 23.2 Å². The van der Waals surface area contributed by atoms with E-state index in [1.54, 1.807) is 0 Å². The summed E-state index contributed by atoms with van der Waals surface area (Å²) in [6.07, 6.45) is 0.520. The van der Waals surface area contributed by atoms with Crippen LogP contribution >= 0.6 is 0 Å². The number of nitrogens with one attached hydrogen (secondary N) is 1. The minimum Gasteiger partial charge on any atom is -0.338 e. The molecule has 4 amide bonds. The molecule has 4 rings (SSSR count). The number of carbonyl (C=O) groups is 3. The number of carbonyl (C=O) groups excluding carboxylic acids is 3. The maximum atomic E-state index is 13.5. The number of halogens is 2. The van der Waals surface area contributed by atoms with E-state index in [1.807, 2.05) is 32.0 Å². The van der Waals surface area contributed by atoms with Gasteiger partial charge >= 0.3 is 6.03 Å². The molecule has 6 nitrogen and oxygen atoms in total. The van der Waals surface area contributed by atoms with Crippen molar-refractivity contribution in [1.82, 2.24) is 15.1 Å². The zero-order valence-electron chi connectivity index (χ0n) is 17.4. The second-order valence-electron chi connectivity index (χ2n) is 8.25. The molecule has 2 aliphatic rings. The number of urea groups is 1. The van der Waals surface area contributed by atoms with Gasteiger partial charge in [0.1, 0.15) is 5.54 Å². The highest BCUT2D eigenvalue weighted by atomic mass is 19.2. The highest BCUT2D eigenvalue weighted by molar-refractivity contribution is 6.07. The molecule has 31 heavy (non-hydrogen) atoms. The number of amides is 4. The molecule has 0 atom stereocenters. The number of rotatable bonds is 3. The van der Waals surface area contributed by atoms with Gasteiger partial charge in [0, 0.05) is 18.7 Å². The number of likely N-dealkylation sites (tertiary alicyclic amines) is 1. The van der Waals surface area contributed by atoms with Crippen molar-refractivity contribution in [3.8, 4) is 0 Å². The van der Waals surface area contributed by atoms with E-state index in [1.165, 1.54) is 15.9 Å². The third-order valence-corrected chi connectivity index (χ3v) is 6.15. The van der Waals surface area contributed by atoms with Gasteiger partial charge in [-0.2, -0.15) is 0 Å². The van der Waals surface area contributed by atoms with Gasteiger partial charge in [0.05, 0.1) is 6.54 Å². The van der Waals surface area contributed by atoms with E-state index < -0.39 is 29.1 Å². The van der Waals surface area contributed by atoms with Crippen molar-refractivity contribution in [2.75, 3.05) is 13.1 Å². The van der Waals surface area contributed by atoms with Crippen molar-refractivity contribution in [3.05, 3.63) is 70.3 Å². The topological polar surface area (TPSA) is 69.7 Å². The third-order valence-electron chi connectivity index (χ3n) is 6.15. The lowest BCUT2D eigenvalue weighted by Crippen LogP contribution is -2.55. The van der Waals surface area contributed by atoms with Crippen LogP contribution in [0.15, 0.2) is 36.4 Å². The Kier molecular flexibility index (Phi) is 5.24. The van der Waals surface area contributed by atoms with Crippen LogP contribution in [-0.4, -0.2) is 46.3 Å². The summed E-state index contributed by atoms with van der Waals surface area (Å²) in [6, 6.07) is 8.49. The first kappa shape index (κ1) is 21.0. The molecule has 2 fully saturated rings. The maximum Gasteiger partial charge on any atom is 0.325 e. The quantitative estimate of drug-likeness (QED) is 0.765. The normalized spacial score (nSPS) is 17.9. The van der Waals surface area contributed by atoms with Gasteiger partial charge in [-0.1, -0.05) is 23.8 Å². The predicted octanol–water partition coefficient (Wildman–Crippen LogP) is 3.31. The van der Waals surface area contributed by atoms with Crippen molar-refractivity contribution >= 4 is 17.8 Å². The Morgan fingerprint density at radius 2 is 1.74 bits per heavy atom. The molecule has 0 aromatic heterocycles. The first-order valence-electron chi connectivity index (χ1n) is 10.1. The number of hydrogen-bond donors (Lipinski definition) is 1. The summed E-state index contributed by atoms with van der Waals surface area (Å²) in [5, 5.41) is 2.83. The molecular formula is C23H23F2N3O3. The Bertz CT molecular complexity index is 1080. The SMILES string of the molecule is Cc1ccc(C)c(CN2C(=O)NC3(CCN(C(=O)c4ccc(F)c(F)c4)CC3)C2=O)c1. The zero-order valence-corrected chi connectivity index (χ0v) is 17.4. The van der Waals surface area contributed by atoms with Gasteiger partial charge in [-0.25, -0.2) is 13.6 Å². The van der Waals surface area contributed by atoms with Crippen molar-refractivity contribution in [2.24, 2.45) is 0 Å². The van der Waals surface area contributed by atoms with Gasteiger partial charge < -0.3 is 10.2 Å². The van der Waals surface area contributed by atoms with E-state index in [0.29, 0.717) is 0 Å². The summed E-state index contributed by atoms with van der Waals surface area (Å²) >= 11 is 0. The molecule has 2 aliphatic heterocycles. The number of hydrogen-bond acceptors (Lipinski definition) is 3. The van der Waals surface area contributed by atoms with Gasteiger partial charge in [-0.15, -0.1) is 0 Å². The molecule has 0 bridgehead atoms. The van der Waals surface area contributed by atoms with E-state index >= 15 is 0 Å². The van der Waals surface area contributed by atoms with E-state index in [2.05, 4.69) is 5.32 Å². The van der Waals surface area contributed by atoms with Crippen LogP contribution in [0.2, 0.25) is 0 Å². The Labute approximate surface area is 178 Å². The molecule has 2 aromatic rings. The number of piperidine rings is 1. The largest absolute Gasteiger partial charge is 0.338 e. The second kappa shape index (κ2) is 7.76. The lowest BCUT2D eigenvalue weighted by Gasteiger charge is -2.37. The molecular weight excluding hydrogens is 404 g/mol. The average molecular weight is 427 g/mol. The van der Waals surface area contributed by atoms with Crippen LogP contribution in [0.5, 0.6) is 0 Å². The summed E-state index contributed by atoms with van der Waals surface area (Å²) < 4.78 is 26.6. The van der Waals surface area contributed by atoms with Crippen molar-refractivity contribution in [2.45, 2.75) is 38.8 Å². The molecule has 1 spiro atoms. The summed E-state index contributed by atoms with van der Waals surface area (Å²) in [7, 11) is 0. The highest BCUT2D eigenvalue weighted by Gasteiger charge is 2.52. The Balaban J connectivity index is 1.46. The fourth-order valence-corrected chi connectivity index (χ4v) is 4.20. The average Bonchev–Trinajstić information content (AvgIpc) is 2.96. The molecule has 0 unspecified atom stereocenters. The molecule has 2 aromatic carbocycles. The van der Waals surface area contributed by atoms with Crippen LogP contribution < -0.4 is 5.32 Å². The van der Waals surface area contributed by atoms with Crippen LogP contribution in [0.1, 0.15) is 39.9 Å². The van der Waals surface area contributed by atoms with Crippen LogP contribution in [0.4, 0.5) is 13.6 Å². The van der Waals surface area contributed by atoms with Crippen LogP contribution in [0, 0.1) is 25.5 Å². The van der Waals surface area contributed by atoms with E-state index in [0.717, 1.165) is 28.8 Å². The Morgan fingerprint density at radius 1 is 1.03 bits per heavy atom. The Hall–Kier alpha value is -3.29. The van der Waals surface area contributed by atoms with Crippen molar-refractivity contribution in [3.63, 3.8) is 0 Å². The van der Waals surface area contributed by atoms with Crippen molar-refractivity contribution in [1.29, 1.82) is 0 Å². The lowest BCUT2D eigenvalue weighted by molar-refractivity contribution is -0.133. The first-order valence-corrected chi connectivity index (χ1v) is 10.1. The molecule has 8 heteroatoms. The molecule has 0 radical (unpaired) electrons. The predicted molar refractivity (Wildman–Crippen MR) is 109 cm³/mol. The highest BCUT2D eigenvalue weighted by Crippen LogP contribution is 2.31. The van der Waals surface area contributed by atoms with Gasteiger partial charge in [0.2, 0.25) is 0 Å². The number of aryl methyl sites for hydroxylation is 2. The Morgan fingerprint density at radius 3 is 2.42 bits per heavy atom. The summed E-state index contributed by atoms with van der Waals surface area (Å²) in [4.78, 5) is 41.1. The zero-order chi connectivity index (χ0) is 22.3. The van der Waals surface area contributed by atoms with Crippen LogP contribution in [-0.2, 0) is 11.3 Å². The van der Waals surface area contributed by atoms with Gasteiger partial charge in [-0.3, -0.25) is 14.5 Å². The van der Waals surface area contributed by atoms with E-state index in [9.17, 15) is 23.2 Å². The number of imide groups is 1. The van der Waals surface area contributed by atoms with E-state index in [-0.39, 0.29) is 43.9 Å². The minimum absolute atomic E-state index is 0.0492. The lowest BCUT2D eigenvalue weighted by atomic mass is 9.87. The van der Waals surface area contributed by atoms with Gasteiger partial charge in [0.15, 0.2) is 11.6 Å². The summed E-state index contributed by atoms with van der Waals surface area (Å²) in [6.45, 7) is 4.53. The number of nitrogens with zero attached hydrogens (tertiary/aromatic N) is 2. The molecule has 0 saturated carbocycles. The fraction of sp³-hybridized carbons (Fsp3) is 0.348. The standard InChI is InChI=1S/C23H23F2N3O3/c1-14-3-4-15(2)17(11-14)13-28-21(30)23(26-22(28)31)7-9-27(10-8-23)20(29)16-5-6-18(24)19(25)12-16/h3-6,11-12H,7-10,13H2,1-2H3,(H,26,31). The smallest absolute Gasteiger partial charge is 0.325 e. The molecule has 162 valence electrons. The summed E-state index contributed by atoms with van der Waals surface area (Å²) in [5.74, 6) is -2.83. The number of benzene rings is 2. The van der Waals surface area contributed by atoms with Crippen LogP contribution in [0.3, 0.4) is 0 Å². The third kappa shape index (κ3) is 3.78. The minimum atomic E-state index is -1.08. The maximum absolute atomic E-state index is 13.5. The van der Waals surface area contributed by atoms with Gasteiger partial charge in [0.25, 0.3) is 11.8 Å². The fourth-order valence-electron chi connectivity index (χ4n) is 4.20. The molecule has 2 heterocycles. The summed E-state index contributed by atoms with van der Waals surface area (Å²) in [5.41, 5.74) is 1.96. The first-order chi connectivity index (χ1) is 14.7. The second-order valence-corrected chi connectivity index (χ2v) is 8.25. The molecule has 0 aliphatic carbocycles. The van der Waals surface area contributed by atoms with E-state index in [4.69, 9.17) is 0 Å².